The van der Waals surface area contributed by atoms with Gasteiger partial charge in [0.05, 0.1) is 23.0 Å². The predicted octanol–water partition coefficient (Wildman–Crippen LogP) is 5.11. The number of pyridine rings is 1. The Kier molecular flexibility index (Phi) is 7.64. The topological polar surface area (TPSA) is 83.1 Å². The van der Waals surface area contributed by atoms with Crippen molar-refractivity contribution in [2.45, 2.75) is 22.6 Å². The van der Waals surface area contributed by atoms with E-state index in [2.05, 4.69) is 43.6 Å². The predicted molar refractivity (Wildman–Crippen MR) is 144 cm³/mol. The van der Waals surface area contributed by atoms with Crippen molar-refractivity contribution < 1.29 is 9.53 Å². The summed E-state index contributed by atoms with van der Waals surface area (Å²) >= 11 is 1.56. The molecule has 1 aliphatic heterocycles. The van der Waals surface area contributed by atoms with Crippen molar-refractivity contribution in [3.8, 4) is 5.75 Å². The van der Waals surface area contributed by atoms with Crippen LogP contribution in [0.2, 0.25) is 0 Å². The molecule has 2 N–H and O–H groups in total. The van der Waals surface area contributed by atoms with E-state index in [1.807, 2.05) is 48.7 Å². The van der Waals surface area contributed by atoms with Crippen LogP contribution in [-0.2, 0) is 0 Å². The SMILES string of the molecule is CNC(=O)c1ccccc1Sc1ccc2c(/C=C/c3cncc(OCCN4CCCC4)c3)n[nH]c2c1. The zero-order chi connectivity index (χ0) is 24.7. The standard InChI is InChI=1S/C28H29N5O2S/c1-29-28(34)24-6-2-3-7-27(24)36-22-9-10-23-25(31-32-26(23)17-22)11-8-20-16-21(19-30-18-20)35-15-14-33-12-4-5-13-33/h2-3,6-11,16-19H,4-5,12-15H2,1H3,(H,29,34)(H,31,32)/b11-8+. The summed E-state index contributed by atoms with van der Waals surface area (Å²) in [6.45, 7) is 3.97. The maximum Gasteiger partial charge on any atom is 0.252 e. The van der Waals surface area contributed by atoms with Gasteiger partial charge in [-0.2, -0.15) is 5.10 Å². The molecule has 0 atom stereocenters. The molecule has 0 spiro atoms. The van der Waals surface area contributed by atoms with Gasteiger partial charge >= 0.3 is 0 Å². The van der Waals surface area contributed by atoms with Crippen molar-refractivity contribution in [2.24, 2.45) is 0 Å². The molecular formula is C28H29N5O2S. The number of fused-ring (bicyclic) bond motifs is 1. The van der Waals surface area contributed by atoms with Crippen molar-refractivity contribution >= 4 is 40.7 Å². The van der Waals surface area contributed by atoms with Crippen molar-refractivity contribution in [2.75, 3.05) is 33.3 Å². The molecule has 0 saturated carbocycles. The highest BCUT2D eigenvalue weighted by atomic mass is 32.2. The third-order valence-corrected chi connectivity index (χ3v) is 7.26. The molecule has 0 bridgehead atoms. The van der Waals surface area contributed by atoms with Gasteiger partial charge in [-0.15, -0.1) is 0 Å². The van der Waals surface area contributed by atoms with E-state index in [1.54, 1.807) is 25.0 Å². The van der Waals surface area contributed by atoms with Crippen molar-refractivity contribution in [3.05, 3.63) is 77.7 Å². The van der Waals surface area contributed by atoms with Crippen molar-refractivity contribution in [1.29, 1.82) is 0 Å². The van der Waals surface area contributed by atoms with Crippen LogP contribution in [0.15, 0.2) is 70.7 Å². The Hall–Kier alpha value is -3.62. The molecule has 4 aromatic rings. The van der Waals surface area contributed by atoms with E-state index in [4.69, 9.17) is 4.74 Å². The largest absolute Gasteiger partial charge is 0.491 e. The van der Waals surface area contributed by atoms with Crippen molar-refractivity contribution in [3.63, 3.8) is 0 Å². The lowest BCUT2D eigenvalue weighted by Gasteiger charge is -2.14. The highest BCUT2D eigenvalue weighted by Crippen LogP contribution is 2.33. The molecule has 7 nitrogen and oxygen atoms in total. The first-order valence-corrected chi connectivity index (χ1v) is 13.0. The highest BCUT2D eigenvalue weighted by Gasteiger charge is 2.12. The number of likely N-dealkylation sites (tertiary alicyclic amines) is 1. The number of benzene rings is 2. The van der Waals surface area contributed by atoms with Gasteiger partial charge in [-0.05, 0) is 74.0 Å². The Bertz CT molecular complexity index is 1380. The van der Waals surface area contributed by atoms with Crippen LogP contribution in [-0.4, -0.2) is 59.3 Å². The van der Waals surface area contributed by atoms with E-state index < -0.39 is 0 Å². The van der Waals surface area contributed by atoms with E-state index in [0.717, 1.165) is 44.2 Å². The second-order valence-corrected chi connectivity index (χ2v) is 9.79. The normalized spacial score (nSPS) is 14.0. The molecule has 184 valence electrons. The number of nitrogens with zero attached hydrogens (tertiary/aromatic N) is 3. The Balaban J connectivity index is 1.26. The summed E-state index contributed by atoms with van der Waals surface area (Å²) in [5, 5.41) is 11.3. The summed E-state index contributed by atoms with van der Waals surface area (Å²) in [6, 6.07) is 15.8. The van der Waals surface area contributed by atoms with E-state index in [1.165, 1.54) is 25.9 Å². The second kappa shape index (κ2) is 11.4. The number of carbonyl (C=O) groups excluding carboxylic acids is 1. The lowest BCUT2D eigenvalue weighted by Crippen LogP contribution is -2.25. The van der Waals surface area contributed by atoms with Crippen LogP contribution in [0.25, 0.3) is 23.1 Å². The third kappa shape index (κ3) is 5.78. The first kappa shape index (κ1) is 24.1. The van der Waals surface area contributed by atoms with Crippen LogP contribution in [0.4, 0.5) is 0 Å². The molecule has 0 unspecified atom stereocenters. The quantitative estimate of drug-likeness (QED) is 0.333. The maximum atomic E-state index is 12.2. The van der Waals surface area contributed by atoms with Gasteiger partial charge in [-0.3, -0.25) is 19.8 Å². The van der Waals surface area contributed by atoms with E-state index in [-0.39, 0.29) is 5.91 Å². The molecule has 1 saturated heterocycles. The lowest BCUT2D eigenvalue weighted by atomic mass is 10.2. The summed E-state index contributed by atoms with van der Waals surface area (Å²) in [7, 11) is 1.64. The number of H-pyrrole nitrogens is 1. The lowest BCUT2D eigenvalue weighted by molar-refractivity contribution is 0.0960. The molecule has 1 fully saturated rings. The first-order valence-electron chi connectivity index (χ1n) is 12.1. The number of nitrogens with one attached hydrogen (secondary N) is 2. The molecule has 2 aromatic carbocycles. The minimum Gasteiger partial charge on any atom is -0.491 e. The molecule has 8 heteroatoms. The number of aromatic amines is 1. The van der Waals surface area contributed by atoms with E-state index in [9.17, 15) is 4.79 Å². The van der Waals surface area contributed by atoms with Gasteiger partial charge < -0.3 is 10.1 Å². The molecule has 1 aliphatic rings. The molecule has 5 rings (SSSR count). The minimum absolute atomic E-state index is 0.0938. The third-order valence-electron chi connectivity index (χ3n) is 6.19. The summed E-state index contributed by atoms with van der Waals surface area (Å²) in [5.41, 5.74) is 3.42. The van der Waals surface area contributed by atoms with Crippen LogP contribution < -0.4 is 10.1 Å². The average Bonchev–Trinajstić information content (AvgIpc) is 3.57. The highest BCUT2D eigenvalue weighted by molar-refractivity contribution is 7.99. The average molecular weight is 500 g/mol. The number of hydrogen-bond acceptors (Lipinski definition) is 6. The molecular weight excluding hydrogens is 470 g/mol. The van der Waals surface area contributed by atoms with Gasteiger partial charge in [0.25, 0.3) is 5.91 Å². The minimum atomic E-state index is -0.0938. The summed E-state index contributed by atoms with van der Waals surface area (Å²) in [5.74, 6) is 0.686. The second-order valence-electron chi connectivity index (χ2n) is 8.68. The van der Waals surface area contributed by atoms with Crippen molar-refractivity contribution in [1.82, 2.24) is 25.4 Å². The Labute approximate surface area is 215 Å². The molecule has 0 aliphatic carbocycles. The van der Waals surface area contributed by atoms with E-state index >= 15 is 0 Å². The fraction of sp³-hybridized carbons (Fsp3) is 0.250. The zero-order valence-electron chi connectivity index (χ0n) is 20.2. The Morgan fingerprint density at radius 2 is 2.00 bits per heavy atom. The smallest absolute Gasteiger partial charge is 0.252 e. The van der Waals surface area contributed by atoms with Crippen LogP contribution in [0.5, 0.6) is 5.75 Å². The number of carbonyl (C=O) groups is 1. The van der Waals surface area contributed by atoms with Gasteiger partial charge in [0.15, 0.2) is 0 Å². The van der Waals surface area contributed by atoms with Gasteiger partial charge in [0.2, 0.25) is 0 Å². The van der Waals surface area contributed by atoms with Gasteiger partial charge in [-0.1, -0.05) is 30.0 Å². The number of amides is 1. The number of aromatic nitrogens is 3. The Morgan fingerprint density at radius 3 is 2.86 bits per heavy atom. The molecule has 36 heavy (non-hydrogen) atoms. The molecule has 1 amide bonds. The Morgan fingerprint density at radius 1 is 1.14 bits per heavy atom. The monoisotopic (exact) mass is 499 g/mol. The first-order chi connectivity index (χ1) is 17.7. The van der Waals surface area contributed by atoms with Gasteiger partial charge in [0, 0.05) is 35.0 Å². The number of ether oxygens (including phenoxy) is 1. The van der Waals surface area contributed by atoms with Crippen LogP contribution in [0.3, 0.4) is 0 Å². The van der Waals surface area contributed by atoms with Gasteiger partial charge in [-0.25, -0.2) is 0 Å². The fourth-order valence-corrected chi connectivity index (χ4v) is 5.28. The molecule has 2 aromatic heterocycles. The van der Waals surface area contributed by atoms with Crippen LogP contribution in [0, 0.1) is 0 Å². The van der Waals surface area contributed by atoms with E-state index in [0.29, 0.717) is 12.2 Å². The summed E-state index contributed by atoms with van der Waals surface area (Å²) in [6.07, 6.45) is 10.1. The summed E-state index contributed by atoms with van der Waals surface area (Å²) < 4.78 is 5.92. The maximum absolute atomic E-state index is 12.2. The van der Waals surface area contributed by atoms with Crippen LogP contribution in [0.1, 0.15) is 34.5 Å². The summed E-state index contributed by atoms with van der Waals surface area (Å²) in [4.78, 5) is 20.9. The molecule has 0 radical (unpaired) electrons. The fourth-order valence-electron chi connectivity index (χ4n) is 4.29. The zero-order valence-corrected chi connectivity index (χ0v) is 21.1. The van der Waals surface area contributed by atoms with Gasteiger partial charge in [0.1, 0.15) is 12.4 Å². The number of hydrogen-bond donors (Lipinski definition) is 2. The number of rotatable bonds is 9. The van der Waals surface area contributed by atoms with Crippen LogP contribution >= 0.6 is 11.8 Å². The molecule has 3 heterocycles.